The second kappa shape index (κ2) is 14.0. The zero-order chi connectivity index (χ0) is 33.5. The molecule has 0 bridgehead atoms. The van der Waals surface area contributed by atoms with E-state index in [9.17, 15) is 22.3 Å². The summed E-state index contributed by atoms with van der Waals surface area (Å²) in [5.41, 5.74) is 4.60. The van der Waals surface area contributed by atoms with Crippen molar-refractivity contribution in [2.45, 2.75) is 86.8 Å². The van der Waals surface area contributed by atoms with Gasteiger partial charge in [0, 0.05) is 28.4 Å². The molecule has 2 aromatic carbocycles. The molecule has 1 saturated heterocycles. The molecule has 4 atom stereocenters. The van der Waals surface area contributed by atoms with Crippen molar-refractivity contribution in [1.29, 1.82) is 0 Å². The van der Waals surface area contributed by atoms with Crippen LogP contribution >= 0.6 is 24.2 Å². The Kier molecular flexibility index (Phi) is 10.1. The van der Waals surface area contributed by atoms with E-state index >= 15 is 0 Å². The summed E-state index contributed by atoms with van der Waals surface area (Å²) in [6.07, 6.45) is 8.00. The standard InChI is InChI=1S/C36H40ClF2N3O3S2/c1-21(38)17-27-8-14-32(40-27)34-33-18-23(20-42(33)36(22(2)46)41-35(34)30-13-7-26(39)19-31(30)37)15-16-47(44,45)29-11-5-25(6-12-29)24-3-9-28(43)10-4-24/h5-8,11-14,17,19,21-24,28,35,43,46H,3-4,9-10,15-16,18,20H2,1-2H3/b27-17-/t21?,22?,23-,24-,28-,35-/m0/s1. The van der Waals surface area contributed by atoms with Gasteiger partial charge in [-0.25, -0.2) is 22.2 Å². The lowest BCUT2D eigenvalue weighted by atomic mass is 9.83. The number of rotatable bonds is 9. The van der Waals surface area contributed by atoms with E-state index in [2.05, 4.69) is 4.90 Å². The third-order valence-corrected chi connectivity index (χ3v) is 11.9. The maximum atomic E-state index is 14.1. The molecule has 4 aliphatic rings. The molecule has 0 radical (unpaired) electrons. The fourth-order valence-corrected chi connectivity index (χ4v) is 9.05. The van der Waals surface area contributed by atoms with E-state index in [1.54, 1.807) is 24.3 Å². The Hall–Kier alpha value is -2.79. The molecule has 1 aliphatic carbocycles. The molecular formula is C36H40ClF2N3O3S2. The van der Waals surface area contributed by atoms with Gasteiger partial charge in [0.15, 0.2) is 9.84 Å². The largest absolute Gasteiger partial charge is 0.393 e. The quantitative estimate of drug-likeness (QED) is 0.260. The van der Waals surface area contributed by atoms with Crippen LogP contribution in [0.5, 0.6) is 0 Å². The summed E-state index contributed by atoms with van der Waals surface area (Å²) < 4.78 is 54.9. The molecule has 2 fully saturated rings. The predicted molar refractivity (Wildman–Crippen MR) is 187 cm³/mol. The number of benzene rings is 2. The van der Waals surface area contributed by atoms with Gasteiger partial charge in [-0.05, 0) is 112 Å². The number of amidine groups is 1. The maximum absolute atomic E-state index is 14.1. The minimum atomic E-state index is -3.53. The molecule has 1 saturated carbocycles. The molecule has 250 valence electrons. The molecule has 2 aromatic rings. The topological polar surface area (TPSA) is 82.3 Å². The van der Waals surface area contributed by atoms with Crippen molar-refractivity contribution >= 4 is 45.6 Å². The Morgan fingerprint density at radius 3 is 2.49 bits per heavy atom. The lowest BCUT2D eigenvalue weighted by Gasteiger charge is -2.35. The number of nitrogens with zero attached hydrogens (tertiary/aromatic N) is 3. The van der Waals surface area contributed by atoms with Crippen molar-refractivity contribution in [2.75, 3.05) is 12.3 Å². The van der Waals surface area contributed by atoms with E-state index in [0.29, 0.717) is 47.2 Å². The van der Waals surface area contributed by atoms with Crippen LogP contribution in [0.25, 0.3) is 0 Å². The van der Waals surface area contributed by atoms with E-state index in [1.165, 1.54) is 25.1 Å². The van der Waals surface area contributed by atoms with Gasteiger partial charge in [-0.3, -0.25) is 4.99 Å². The summed E-state index contributed by atoms with van der Waals surface area (Å²) in [5, 5.41) is 9.83. The molecule has 0 amide bonds. The molecule has 0 aromatic heterocycles. The Morgan fingerprint density at radius 2 is 1.83 bits per heavy atom. The monoisotopic (exact) mass is 699 g/mol. The van der Waals surface area contributed by atoms with Gasteiger partial charge in [0.05, 0.1) is 33.4 Å². The lowest BCUT2D eigenvalue weighted by Crippen LogP contribution is -2.38. The smallest absolute Gasteiger partial charge is 0.178 e. The number of aliphatic hydroxyl groups excluding tert-OH is 1. The number of hydrogen-bond donors (Lipinski definition) is 2. The predicted octanol–water partition coefficient (Wildman–Crippen LogP) is 7.96. The molecule has 0 spiro atoms. The molecule has 11 heteroatoms. The zero-order valence-electron chi connectivity index (χ0n) is 26.5. The Labute approximate surface area is 286 Å². The molecule has 47 heavy (non-hydrogen) atoms. The van der Waals surface area contributed by atoms with E-state index in [1.807, 2.05) is 25.1 Å². The number of thiol groups is 1. The van der Waals surface area contributed by atoms with Crippen LogP contribution in [-0.2, 0) is 9.84 Å². The van der Waals surface area contributed by atoms with E-state index in [4.69, 9.17) is 34.2 Å². The third kappa shape index (κ3) is 7.46. The molecule has 1 N–H and O–H groups in total. The second-order valence-corrected chi connectivity index (χ2v) is 16.3. The first-order valence-electron chi connectivity index (χ1n) is 16.2. The summed E-state index contributed by atoms with van der Waals surface area (Å²) >= 11 is 11.3. The fourth-order valence-electron chi connectivity index (χ4n) is 7.14. The summed E-state index contributed by atoms with van der Waals surface area (Å²) in [7, 11) is -3.53. The number of fused-ring (bicyclic) bond motifs is 1. The first kappa shape index (κ1) is 34.1. The van der Waals surface area contributed by atoms with Crippen LogP contribution in [0.3, 0.4) is 0 Å². The normalized spacial score (nSPS) is 26.8. The van der Waals surface area contributed by atoms with Gasteiger partial charge in [-0.1, -0.05) is 29.8 Å². The number of allylic oxidation sites excluding steroid dienone is 4. The minimum Gasteiger partial charge on any atom is -0.393 e. The number of hydrogen-bond acceptors (Lipinski definition) is 7. The average Bonchev–Trinajstić information content (AvgIpc) is 3.66. The highest BCUT2D eigenvalue weighted by Gasteiger charge is 2.41. The number of aliphatic imine (C=N–C) groups is 2. The first-order valence-corrected chi connectivity index (χ1v) is 18.8. The number of aliphatic hydroxyl groups is 1. The number of sulfone groups is 1. The van der Waals surface area contributed by atoms with Gasteiger partial charge in [-0.2, -0.15) is 12.6 Å². The SMILES string of the molecule is CC(F)/C=C1/C=CC(C2=C3C[C@H](CCS(=O)(=O)c4ccc([C@H]5CC[C@H](O)CC5)cc4)CN3C(C(C)S)=N[C@H]2c2ccc(F)cc2Cl)=N1. The highest BCUT2D eigenvalue weighted by Crippen LogP contribution is 2.45. The maximum Gasteiger partial charge on any atom is 0.178 e. The molecule has 2 unspecified atom stereocenters. The van der Waals surface area contributed by atoms with E-state index in [-0.39, 0.29) is 28.0 Å². The van der Waals surface area contributed by atoms with Crippen LogP contribution in [0, 0.1) is 11.7 Å². The Morgan fingerprint density at radius 1 is 1.11 bits per heavy atom. The first-order chi connectivity index (χ1) is 22.4. The Balaban J connectivity index is 1.28. The fraction of sp³-hybridized carbons (Fsp3) is 0.444. The van der Waals surface area contributed by atoms with Crippen LogP contribution in [0.4, 0.5) is 8.78 Å². The molecule has 6 rings (SSSR count). The summed E-state index contributed by atoms with van der Waals surface area (Å²) in [5.74, 6) is 0.626. The highest BCUT2D eigenvalue weighted by atomic mass is 35.5. The van der Waals surface area contributed by atoms with E-state index < -0.39 is 27.9 Å². The van der Waals surface area contributed by atoms with Gasteiger partial charge in [0.2, 0.25) is 0 Å². The molecule has 3 aliphatic heterocycles. The van der Waals surface area contributed by atoms with Gasteiger partial charge >= 0.3 is 0 Å². The van der Waals surface area contributed by atoms with Crippen LogP contribution in [0.1, 0.15) is 75.5 Å². The van der Waals surface area contributed by atoms with E-state index in [0.717, 1.165) is 48.4 Å². The van der Waals surface area contributed by atoms with Crippen molar-refractivity contribution < 1.29 is 22.3 Å². The summed E-state index contributed by atoms with van der Waals surface area (Å²) in [6, 6.07) is 10.9. The molecule has 6 nitrogen and oxygen atoms in total. The summed E-state index contributed by atoms with van der Waals surface area (Å²) in [6.45, 7) is 3.94. The van der Waals surface area contributed by atoms with Crippen LogP contribution < -0.4 is 0 Å². The zero-order valence-corrected chi connectivity index (χ0v) is 29.0. The van der Waals surface area contributed by atoms with Gasteiger partial charge in [0.1, 0.15) is 23.9 Å². The third-order valence-electron chi connectivity index (χ3n) is 9.54. The highest BCUT2D eigenvalue weighted by molar-refractivity contribution is 7.91. The Bertz CT molecular complexity index is 1780. The average molecular weight is 700 g/mol. The van der Waals surface area contributed by atoms with Crippen LogP contribution in [-0.4, -0.2) is 59.8 Å². The van der Waals surface area contributed by atoms with Crippen LogP contribution in [0.15, 0.2) is 92.5 Å². The van der Waals surface area contributed by atoms with Crippen molar-refractivity contribution in [3.05, 3.63) is 99.6 Å². The van der Waals surface area contributed by atoms with Crippen molar-refractivity contribution in [2.24, 2.45) is 15.9 Å². The number of alkyl halides is 1. The van der Waals surface area contributed by atoms with Crippen LogP contribution in [0.2, 0.25) is 5.02 Å². The lowest BCUT2D eigenvalue weighted by molar-refractivity contribution is 0.122. The van der Waals surface area contributed by atoms with Gasteiger partial charge in [0.25, 0.3) is 0 Å². The minimum absolute atomic E-state index is 0.00132. The summed E-state index contributed by atoms with van der Waals surface area (Å²) in [4.78, 5) is 12.3. The van der Waals surface area contributed by atoms with Crippen molar-refractivity contribution in [3.63, 3.8) is 0 Å². The molecule has 3 heterocycles. The number of halogens is 3. The second-order valence-electron chi connectivity index (χ2n) is 13.1. The molecular weight excluding hydrogens is 660 g/mol. The van der Waals surface area contributed by atoms with Gasteiger partial charge < -0.3 is 10.0 Å². The van der Waals surface area contributed by atoms with Gasteiger partial charge in [-0.15, -0.1) is 0 Å². The van der Waals surface area contributed by atoms with Crippen molar-refractivity contribution in [1.82, 2.24) is 4.90 Å². The van der Waals surface area contributed by atoms with Crippen molar-refractivity contribution in [3.8, 4) is 0 Å².